The van der Waals surface area contributed by atoms with Gasteiger partial charge in [0.25, 0.3) is 0 Å². The van der Waals surface area contributed by atoms with E-state index in [0.717, 1.165) is 0 Å². The Balaban J connectivity index is 2.02. The summed E-state index contributed by atoms with van der Waals surface area (Å²) in [7, 11) is 0. The normalized spacial score (nSPS) is 28.8. The lowest BCUT2D eigenvalue weighted by atomic mass is 9.71. The molecule has 1 heterocycles. The van der Waals surface area contributed by atoms with Gasteiger partial charge in [-0.05, 0) is 18.4 Å². The summed E-state index contributed by atoms with van der Waals surface area (Å²) in [4.78, 5) is 12.0. The summed E-state index contributed by atoms with van der Waals surface area (Å²) in [6.07, 6.45) is 4.42. The molecular formula is C13H20N2O2. The average Bonchev–Trinajstić information content (AvgIpc) is 2.68. The first kappa shape index (κ1) is 12.3. The van der Waals surface area contributed by atoms with Gasteiger partial charge >= 0.3 is 0 Å². The van der Waals surface area contributed by atoms with Gasteiger partial charge in [-0.3, -0.25) is 9.48 Å². The number of hydrogen-bond donors (Lipinski definition) is 1. The SMILES string of the molecule is CC(C)(C)C(=O)C[C@@H]1C[C@H](O)[C@H]1n1cccn1. The zero-order chi connectivity index (χ0) is 12.6. The van der Waals surface area contributed by atoms with Gasteiger partial charge in [-0.25, -0.2) is 0 Å². The molecule has 4 nitrogen and oxygen atoms in total. The molecule has 0 bridgehead atoms. The molecule has 1 aliphatic rings. The van der Waals surface area contributed by atoms with Gasteiger partial charge < -0.3 is 5.11 Å². The maximum Gasteiger partial charge on any atom is 0.138 e. The van der Waals surface area contributed by atoms with Crippen molar-refractivity contribution in [1.82, 2.24) is 9.78 Å². The third-order valence-corrected chi connectivity index (χ3v) is 3.54. The van der Waals surface area contributed by atoms with Crippen molar-refractivity contribution in [1.29, 1.82) is 0 Å². The number of aliphatic hydroxyl groups is 1. The van der Waals surface area contributed by atoms with E-state index in [1.54, 1.807) is 10.9 Å². The van der Waals surface area contributed by atoms with Crippen molar-refractivity contribution in [2.75, 3.05) is 0 Å². The van der Waals surface area contributed by atoms with Gasteiger partial charge in [0.1, 0.15) is 5.78 Å². The van der Waals surface area contributed by atoms with Crippen molar-refractivity contribution in [2.24, 2.45) is 11.3 Å². The quantitative estimate of drug-likeness (QED) is 0.870. The molecule has 1 aromatic heterocycles. The molecule has 0 spiro atoms. The second-order valence-electron chi connectivity index (χ2n) is 5.92. The third-order valence-electron chi connectivity index (χ3n) is 3.54. The van der Waals surface area contributed by atoms with E-state index in [9.17, 15) is 9.90 Å². The molecule has 0 radical (unpaired) electrons. The van der Waals surface area contributed by atoms with Crippen LogP contribution in [0, 0.1) is 11.3 Å². The van der Waals surface area contributed by atoms with Crippen LogP contribution in [0.15, 0.2) is 18.5 Å². The Morgan fingerprint density at radius 2 is 2.24 bits per heavy atom. The highest BCUT2D eigenvalue weighted by Crippen LogP contribution is 2.42. The number of nitrogens with zero attached hydrogens (tertiary/aromatic N) is 2. The first-order valence-corrected chi connectivity index (χ1v) is 6.10. The zero-order valence-electron chi connectivity index (χ0n) is 10.6. The third kappa shape index (κ3) is 2.41. The van der Waals surface area contributed by atoms with E-state index >= 15 is 0 Å². The van der Waals surface area contributed by atoms with Gasteiger partial charge in [0.15, 0.2) is 0 Å². The molecule has 1 fully saturated rings. The largest absolute Gasteiger partial charge is 0.391 e. The van der Waals surface area contributed by atoms with E-state index in [1.165, 1.54) is 0 Å². The van der Waals surface area contributed by atoms with Crippen LogP contribution in [-0.2, 0) is 4.79 Å². The lowest BCUT2D eigenvalue weighted by molar-refractivity contribution is -0.130. The molecule has 1 aliphatic carbocycles. The molecule has 1 N–H and O–H groups in total. The van der Waals surface area contributed by atoms with Crippen LogP contribution in [0.4, 0.5) is 0 Å². The summed E-state index contributed by atoms with van der Waals surface area (Å²) in [6.45, 7) is 5.81. The minimum Gasteiger partial charge on any atom is -0.391 e. The molecule has 1 saturated carbocycles. The van der Waals surface area contributed by atoms with Crippen LogP contribution in [-0.4, -0.2) is 26.8 Å². The highest BCUT2D eigenvalue weighted by molar-refractivity contribution is 5.84. The molecular weight excluding hydrogens is 216 g/mol. The predicted molar refractivity (Wildman–Crippen MR) is 64.5 cm³/mol. The van der Waals surface area contributed by atoms with Crippen molar-refractivity contribution >= 4 is 5.78 Å². The molecule has 2 rings (SSSR count). The highest BCUT2D eigenvalue weighted by atomic mass is 16.3. The Bertz CT molecular complexity index is 392. The van der Waals surface area contributed by atoms with Crippen molar-refractivity contribution in [3.8, 4) is 0 Å². The van der Waals surface area contributed by atoms with Gasteiger partial charge in [0.05, 0.1) is 12.1 Å². The van der Waals surface area contributed by atoms with Crippen molar-refractivity contribution < 1.29 is 9.90 Å². The lowest BCUT2D eigenvalue weighted by Crippen LogP contribution is -2.45. The fourth-order valence-electron chi connectivity index (χ4n) is 2.31. The first-order chi connectivity index (χ1) is 7.89. The summed E-state index contributed by atoms with van der Waals surface area (Å²) < 4.78 is 1.77. The van der Waals surface area contributed by atoms with Gasteiger partial charge in [0, 0.05) is 24.2 Å². The molecule has 0 saturated heterocycles. The molecule has 17 heavy (non-hydrogen) atoms. The minimum atomic E-state index is -0.368. The fourth-order valence-corrected chi connectivity index (χ4v) is 2.31. The van der Waals surface area contributed by atoms with Crippen LogP contribution in [0.3, 0.4) is 0 Å². The summed E-state index contributed by atoms with van der Waals surface area (Å²) in [5.74, 6) is 0.475. The number of carbonyl (C=O) groups is 1. The molecule has 4 heteroatoms. The monoisotopic (exact) mass is 236 g/mol. The molecule has 0 amide bonds. The average molecular weight is 236 g/mol. The van der Waals surface area contributed by atoms with Crippen molar-refractivity contribution in [3.05, 3.63) is 18.5 Å². The van der Waals surface area contributed by atoms with Gasteiger partial charge in [-0.1, -0.05) is 20.8 Å². The van der Waals surface area contributed by atoms with Crippen molar-refractivity contribution in [3.63, 3.8) is 0 Å². The maximum absolute atomic E-state index is 12.0. The Kier molecular flexibility index (Phi) is 3.08. The van der Waals surface area contributed by atoms with Crippen molar-refractivity contribution in [2.45, 2.75) is 45.8 Å². The smallest absolute Gasteiger partial charge is 0.138 e. The van der Waals surface area contributed by atoms with Gasteiger partial charge in [0.2, 0.25) is 0 Å². The number of hydrogen-bond acceptors (Lipinski definition) is 3. The molecule has 94 valence electrons. The summed E-state index contributed by atoms with van der Waals surface area (Å²) in [5, 5.41) is 13.9. The lowest BCUT2D eigenvalue weighted by Gasteiger charge is -2.42. The molecule has 1 aromatic rings. The van der Waals surface area contributed by atoms with Crippen LogP contribution < -0.4 is 0 Å². The molecule has 0 aliphatic heterocycles. The highest BCUT2D eigenvalue weighted by Gasteiger charge is 2.43. The number of aliphatic hydroxyl groups excluding tert-OH is 1. The van der Waals surface area contributed by atoms with Gasteiger partial charge in [-0.2, -0.15) is 5.10 Å². The van der Waals surface area contributed by atoms with Crippen LogP contribution in [0.2, 0.25) is 0 Å². The van der Waals surface area contributed by atoms with Crippen LogP contribution in [0.5, 0.6) is 0 Å². The topological polar surface area (TPSA) is 55.1 Å². The second kappa shape index (κ2) is 4.26. The van der Waals surface area contributed by atoms with Gasteiger partial charge in [-0.15, -0.1) is 0 Å². The maximum atomic E-state index is 12.0. The van der Waals surface area contributed by atoms with E-state index in [-0.39, 0.29) is 29.3 Å². The molecule has 3 atom stereocenters. The zero-order valence-corrected chi connectivity index (χ0v) is 10.6. The Morgan fingerprint density at radius 3 is 2.71 bits per heavy atom. The Labute approximate surface area is 102 Å². The number of carbonyl (C=O) groups excluding carboxylic acids is 1. The first-order valence-electron chi connectivity index (χ1n) is 6.10. The number of ketones is 1. The Morgan fingerprint density at radius 1 is 1.53 bits per heavy atom. The van der Waals surface area contributed by atoms with Crippen LogP contribution in [0.1, 0.15) is 39.7 Å². The number of aromatic nitrogens is 2. The van der Waals surface area contributed by atoms with E-state index in [4.69, 9.17) is 0 Å². The van der Waals surface area contributed by atoms with Crippen LogP contribution >= 0.6 is 0 Å². The summed E-state index contributed by atoms with van der Waals surface area (Å²) >= 11 is 0. The van der Waals surface area contributed by atoms with E-state index < -0.39 is 0 Å². The predicted octanol–water partition coefficient (Wildman–Crippen LogP) is 1.81. The molecule has 0 aromatic carbocycles. The van der Waals surface area contributed by atoms with E-state index in [1.807, 2.05) is 33.0 Å². The summed E-state index contributed by atoms with van der Waals surface area (Å²) in [5.41, 5.74) is -0.296. The van der Waals surface area contributed by atoms with E-state index in [0.29, 0.717) is 12.8 Å². The summed E-state index contributed by atoms with van der Waals surface area (Å²) in [6, 6.07) is 1.81. The van der Waals surface area contributed by atoms with E-state index in [2.05, 4.69) is 5.10 Å². The Hall–Kier alpha value is -1.16. The minimum absolute atomic E-state index is 0.0312. The second-order valence-corrected chi connectivity index (χ2v) is 5.92. The fraction of sp³-hybridized carbons (Fsp3) is 0.692. The van der Waals surface area contributed by atoms with Crippen LogP contribution in [0.25, 0.3) is 0 Å². The number of Topliss-reactive ketones (excluding diaryl/α,β-unsaturated/α-hetero) is 1. The molecule has 0 unspecified atom stereocenters. The number of rotatable bonds is 3. The standard InChI is InChI=1S/C13H20N2O2/c1-13(2,3)11(17)8-9-7-10(16)12(9)15-6-4-5-14-15/h4-6,9-10,12,16H,7-8H2,1-3H3/t9-,10-,12-/m0/s1.